The highest BCUT2D eigenvalue weighted by Gasteiger charge is 2.12. The van der Waals surface area contributed by atoms with E-state index in [0.717, 1.165) is 0 Å². The Morgan fingerprint density at radius 1 is 1.53 bits per heavy atom. The molecule has 1 amide bonds. The second-order valence-electron chi connectivity index (χ2n) is 3.40. The average Bonchev–Trinajstić information content (AvgIpc) is 2.77. The first kappa shape index (κ1) is 12.0. The zero-order valence-electron chi connectivity index (χ0n) is 8.83. The van der Waals surface area contributed by atoms with E-state index in [1.54, 1.807) is 13.0 Å². The minimum absolute atomic E-state index is 0.250. The number of nitrogens with zero attached hydrogens (tertiary/aromatic N) is 1. The molecule has 6 heteroatoms. The smallest absolute Gasteiger partial charge is 0.257 e. The first-order valence-electron chi connectivity index (χ1n) is 4.75. The van der Waals surface area contributed by atoms with Gasteiger partial charge in [0.2, 0.25) is 0 Å². The van der Waals surface area contributed by atoms with Gasteiger partial charge in [0.15, 0.2) is 5.82 Å². The topological polar surface area (TPSA) is 55.1 Å². The molecule has 2 rings (SSSR count). The summed E-state index contributed by atoms with van der Waals surface area (Å²) in [6, 6.07) is 4.33. The highest BCUT2D eigenvalue weighted by atomic mass is 127. The zero-order chi connectivity index (χ0) is 12.4. The van der Waals surface area contributed by atoms with E-state index in [2.05, 4.69) is 15.0 Å². The molecule has 4 nitrogen and oxygen atoms in total. The number of halogens is 2. The van der Waals surface area contributed by atoms with Crippen molar-refractivity contribution in [3.8, 4) is 0 Å². The van der Waals surface area contributed by atoms with Crippen molar-refractivity contribution < 1.29 is 13.7 Å². The third-order valence-corrected chi connectivity index (χ3v) is 3.34. The van der Waals surface area contributed by atoms with Crippen LogP contribution >= 0.6 is 22.6 Å². The highest BCUT2D eigenvalue weighted by molar-refractivity contribution is 14.1. The Labute approximate surface area is 110 Å². The molecule has 0 bridgehead atoms. The molecule has 0 fully saturated rings. The normalized spacial score (nSPS) is 10.3. The second kappa shape index (κ2) is 4.82. The molecule has 0 saturated heterocycles. The number of benzene rings is 1. The molecule has 0 aliphatic heterocycles. The third kappa shape index (κ3) is 2.63. The molecular formula is C11H8FIN2O2. The molecule has 0 atom stereocenters. The first-order valence-corrected chi connectivity index (χ1v) is 5.83. The predicted molar refractivity (Wildman–Crippen MR) is 68.3 cm³/mol. The van der Waals surface area contributed by atoms with Crippen LogP contribution in [0.1, 0.15) is 15.9 Å². The van der Waals surface area contributed by atoms with Crippen molar-refractivity contribution >= 4 is 34.3 Å². The van der Waals surface area contributed by atoms with E-state index in [-0.39, 0.29) is 5.56 Å². The zero-order valence-corrected chi connectivity index (χ0v) is 11.0. The summed E-state index contributed by atoms with van der Waals surface area (Å²) in [5, 5.41) is 6.04. The van der Waals surface area contributed by atoms with E-state index in [9.17, 15) is 9.18 Å². The van der Waals surface area contributed by atoms with Crippen LogP contribution in [0.15, 0.2) is 29.0 Å². The molecular weight excluding hydrogens is 338 g/mol. The van der Waals surface area contributed by atoms with Gasteiger partial charge in [-0.05, 0) is 47.2 Å². The van der Waals surface area contributed by atoms with Crippen molar-refractivity contribution in [2.45, 2.75) is 6.92 Å². The van der Waals surface area contributed by atoms with Gasteiger partial charge >= 0.3 is 0 Å². The Bertz CT molecular complexity index is 532. The van der Waals surface area contributed by atoms with Crippen molar-refractivity contribution in [1.82, 2.24) is 5.16 Å². The predicted octanol–water partition coefficient (Wildman–Crippen LogP) is 2.98. The Morgan fingerprint density at radius 2 is 2.29 bits per heavy atom. The van der Waals surface area contributed by atoms with Crippen molar-refractivity contribution in [2.75, 3.05) is 5.32 Å². The maximum Gasteiger partial charge on any atom is 0.257 e. The molecule has 0 unspecified atom stereocenters. The van der Waals surface area contributed by atoms with Gasteiger partial charge in [-0.15, -0.1) is 0 Å². The molecule has 1 N–H and O–H groups in total. The monoisotopic (exact) mass is 346 g/mol. The fraction of sp³-hybridized carbons (Fsp3) is 0.0909. The van der Waals surface area contributed by atoms with Crippen LogP contribution in [0.5, 0.6) is 0 Å². The number of carbonyl (C=O) groups is 1. The van der Waals surface area contributed by atoms with Crippen LogP contribution in [0.25, 0.3) is 0 Å². The molecule has 17 heavy (non-hydrogen) atoms. The van der Waals surface area contributed by atoms with E-state index in [0.29, 0.717) is 15.0 Å². The van der Waals surface area contributed by atoms with Gasteiger partial charge < -0.3 is 9.84 Å². The molecule has 88 valence electrons. The van der Waals surface area contributed by atoms with E-state index in [1.807, 2.05) is 22.6 Å². The van der Waals surface area contributed by atoms with Gasteiger partial charge in [-0.2, -0.15) is 0 Å². The van der Waals surface area contributed by atoms with Crippen LogP contribution < -0.4 is 5.32 Å². The number of anilines is 1. The Hall–Kier alpha value is -1.44. The van der Waals surface area contributed by atoms with Gasteiger partial charge in [-0.1, -0.05) is 5.16 Å². The number of nitrogens with one attached hydrogen (secondary N) is 1. The molecule has 0 aliphatic carbocycles. The van der Waals surface area contributed by atoms with Crippen LogP contribution in [0.4, 0.5) is 10.2 Å². The fourth-order valence-electron chi connectivity index (χ4n) is 1.24. The molecule has 0 saturated carbocycles. The minimum Gasteiger partial charge on any atom is -0.363 e. The summed E-state index contributed by atoms with van der Waals surface area (Å²) in [6.45, 7) is 1.66. The summed E-state index contributed by atoms with van der Waals surface area (Å²) < 4.78 is 18.7. The SMILES string of the molecule is Cc1c(F)cc(C(=O)Nc2ccon2)cc1I. The third-order valence-electron chi connectivity index (χ3n) is 2.22. The Kier molecular flexibility index (Phi) is 3.41. The van der Waals surface area contributed by atoms with Gasteiger partial charge in [0.25, 0.3) is 5.91 Å². The lowest BCUT2D eigenvalue weighted by molar-refractivity contribution is 0.102. The largest absolute Gasteiger partial charge is 0.363 e. The lowest BCUT2D eigenvalue weighted by Crippen LogP contribution is -2.13. The van der Waals surface area contributed by atoms with Gasteiger partial charge in [0, 0.05) is 15.2 Å². The van der Waals surface area contributed by atoms with Gasteiger partial charge in [0.1, 0.15) is 12.1 Å². The fourth-order valence-corrected chi connectivity index (χ4v) is 1.84. The second-order valence-corrected chi connectivity index (χ2v) is 4.57. The Morgan fingerprint density at radius 3 is 2.88 bits per heavy atom. The number of amides is 1. The summed E-state index contributed by atoms with van der Waals surface area (Å²) in [4.78, 5) is 11.8. The van der Waals surface area contributed by atoms with E-state index < -0.39 is 11.7 Å². The van der Waals surface area contributed by atoms with Crippen molar-refractivity contribution in [1.29, 1.82) is 0 Å². The number of hydrogen-bond acceptors (Lipinski definition) is 3. The van der Waals surface area contributed by atoms with Gasteiger partial charge in [-0.25, -0.2) is 4.39 Å². The molecule has 1 heterocycles. The molecule has 0 spiro atoms. The highest BCUT2D eigenvalue weighted by Crippen LogP contribution is 2.18. The lowest BCUT2D eigenvalue weighted by atomic mass is 10.1. The number of hydrogen-bond donors (Lipinski definition) is 1. The van der Waals surface area contributed by atoms with Crippen LogP contribution in [0, 0.1) is 16.3 Å². The molecule has 0 aliphatic rings. The summed E-state index contributed by atoms with van der Waals surface area (Å²) in [5.74, 6) is -0.524. The van der Waals surface area contributed by atoms with Crippen molar-refractivity contribution in [3.05, 3.63) is 45.0 Å². The molecule has 2 aromatic rings. The standard InChI is InChI=1S/C11H8FIN2O2/c1-6-8(12)4-7(5-9(6)13)11(16)14-10-2-3-17-15-10/h2-5H,1H3,(H,14,15,16). The van der Waals surface area contributed by atoms with Gasteiger partial charge in [-0.3, -0.25) is 4.79 Å². The first-order chi connectivity index (χ1) is 8.08. The van der Waals surface area contributed by atoms with Crippen LogP contribution in [0.3, 0.4) is 0 Å². The summed E-state index contributed by atoms with van der Waals surface area (Å²) in [6.07, 6.45) is 1.34. The molecule has 1 aromatic heterocycles. The maximum atomic E-state index is 13.5. The maximum absolute atomic E-state index is 13.5. The Balaban J connectivity index is 2.26. The quantitative estimate of drug-likeness (QED) is 0.851. The lowest BCUT2D eigenvalue weighted by Gasteiger charge is -2.05. The van der Waals surface area contributed by atoms with Crippen molar-refractivity contribution in [2.24, 2.45) is 0 Å². The summed E-state index contributed by atoms with van der Waals surface area (Å²) >= 11 is 1.98. The minimum atomic E-state index is -0.421. The van der Waals surface area contributed by atoms with E-state index in [1.165, 1.54) is 18.4 Å². The van der Waals surface area contributed by atoms with Gasteiger partial charge in [0.05, 0.1) is 0 Å². The number of carbonyl (C=O) groups excluding carboxylic acids is 1. The number of aromatic nitrogens is 1. The molecule has 1 aromatic carbocycles. The number of rotatable bonds is 2. The van der Waals surface area contributed by atoms with Crippen LogP contribution in [0.2, 0.25) is 0 Å². The summed E-state index contributed by atoms with van der Waals surface area (Å²) in [5.41, 5.74) is 0.782. The van der Waals surface area contributed by atoms with E-state index >= 15 is 0 Å². The molecule has 0 radical (unpaired) electrons. The van der Waals surface area contributed by atoms with Crippen molar-refractivity contribution in [3.63, 3.8) is 0 Å². The van der Waals surface area contributed by atoms with E-state index in [4.69, 9.17) is 0 Å². The van der Waals surface area contributed by atoms with Crippen LogP contribution in [-0.2, 0) is 0 Å². The van der Waals surface area contributed by atoms with Crippen LogP contribution in [-0.4, -0.2) is 11.1 Å². The average molecular weight is 346 g/mol. The summed E-state index contributed by atoms with van der Waals surface area (Å²) in [7, 11) is 0.